The van der Waals surface area contributed by atoms with Crippen molar-refractivity contribution in [2.45, 2.75) is 50.7 Å². The Morgan fingerprint density at radius 1 is 1.14 bits per heavy atom. The number of fused-ring (bicyclic) bond motifs is 1. The molecule has 1 aromatic carbocycles. The minimum Gasteiger partial charge on any atom is -0.490 e. The molecule has 0 bridgehead atoms. The van der Waals surface area contributed by atoms with Gasteiger partial charge in [-0.3, -0.25) is 0 Å². The van der Waals surface area contributed by atoms with Gasteiger partial charge < -0.3 is 9.84 Å². The number of benzene rings is 1. The molecular weight excluding hydrogens is 280 g/mol. The Morgan fingerprint density at radius 3 is 2.81 bits per heavy atom. The van der Waals surface area contributed by atoms with Crippen molar-refractivity contribution < 1.29 is 9.84 Å². The molecule has 1 unspecified atom stereocenters. The van der Waals surface area contributed by atoms with Gasteiger partial charge in [-0.2, -0.15) is 0 Å². The molecule has 4 rings (SSSR count). The standard InChI is InChI=1S/C18H20O2S/c19-18(17-11-12-4-1-2-7-16(12)21-17)13-5-3-6-15(10-13)20-14-8-9-14/h3,5-6,10-11,14,18-19H,1-2,4,7-9H2. The number of hydrogen-bond donors (Lipinski definition) is 1. The van der Waals surface area contributed by atoms with Crippen LogP contribution in [0.3, 0.4) is 0 Å². The predicted molar refractivity (Wildman–Crippen MR) is 85.1 cm³/mol. The Labute approximate surface area is 129 Å². The van der Waals surface area contributed by atoms with E-state index in [9.17, 15) is 5.11 Å². The van der Waals surface area contributed by atoms with Gasteiger partial charge in [0.2, 0.25) is 0 Å². The van der Waals surface area contributed by atoms with Crippen LogP contribution in [0.4, 0.5) is 0 Å². The number of ether oxygens (including phenoxy) is 1. The van der Waals surface area contributed by atoms with Crippen LogP contribution in [0.25, 0.3) is 0 Å². The van der Waals surface area contributed by atoms with Crippen molar-refractivity contribution in [3.63, 3.8) is 0 Å². The van der Waals surface area contributed by atoms with Crippen LogP contribution in [-0.4, -0.2) is 11.2 Å². The van der Waals surface area contributed by atoms with E-state index in [1.54, 1.807) is 11.3 Å². The van der Waals surface area contributed by atoms with Gasteiger partial charge >= 0.3 is 0 Å². The zero-order valence-electron chi connectivity index (χ0n) is 12.0. The third-order valence-electron chi connectivity index (χ3n) is 4.29. The SMILES string of the molecule is OC(c1cccc(OC2CC2)c1)c1cc2c(s1)CCCC2. The maximum atomic E-state index is 10.7. The summed E-state index contributed by atoms with van der Waals surface area (Å²) in [4.78, 5) is 2.55. The summed E-state index contributed by atoms with van der Waals surface area (Å²) in [6.45, 7) is 0. The molecule has 1 fully saturated rings. The third-order valence-corrected chi connectivity index (χ3v) is 5.58. The topological polar surface area (TPSA) is 29.5 Å². The molecule has 0 aliphatic heterocycles. The number of aliphatic hydroxyl groups excluding tert-OH is 1. The van der Waals surface area contributed by atoms with E-state index in [2.05, 4.69) is 6.07 Å². The lowest BCUT2D eigenvalue weighted by atomic mass is 9.98. The fraction of sp³-hybridized carbons (Fsp3) is 0.444. The molecule has 1 aromatic heterocycles. The smallest absolute Gasteiger partial charge is 0.120 e. The zero-order chi connectivity index (χ0) is 14.2. The second-order valence-corrected chi connectivity index (χ2v) is 7.26. The van der Waals surface area contributed by atoms with Gasteiger partial charge in [-0.25, -0.2) is 0 Å². The highest BCUT2D eigenvalue weighted by atomic mass is 32.1. The molecule has 2 aliphatic rings. The van der Waals surface area contributed by atoms with Crippen LogP contribution in [0, 0.1) is 0 Å². The number of rotatable bonds is 4. The minimum atomic E-state index is -0.525. The van der Waals surface area contributed by atoms with Crippen molar-refractivity contribution in [1.82, 2.24) is 0 Å². The first-order chi connectivity index (χ1) is 10.3. The molecule has 0 amide bonds. The second-order valence-electron chi connectivity index (χ2n) is 6.10. The van der Waals surface area contributed by atoms with Gasteiger partial charge in [0, 0.05) is 9.75 Å². The normalized spacial score (nSPS) is 19.1. The largest absolute Gasteiger partial charge is 0.490 e. The number of hydrogen-bond acceptors (Lipinski definition) is 3. The van der Waals surface area contributed by atoms with Crippen molar-refractivity contribution in [2.75, 3.05) is 0 Å². The summed E-state index contributed by atoms with van der Waals surface area (Å²) in [5, 5.41) is 10.7. The highest BCUT2D eigenvalue weighted by Gasteiger charge is 2.24. The lowest BCUT2D eigenvalue weighted by Crippen LogP contribution is -2.00. The van der Waals surface area contributed by atoms with Crippen LogP contribution in [0.5, 0.6) is 5.75 Å². The molecule has 21 heavy (non-hydrogen) atoms. The van der Waals surface area contributed by atoms with E-state index in [-0.39, 0.29) is 0 Å². The first kappa shape index (κ1) is 13.4. The maximum Gasteiger partial charge on any atom is 0.120 e. The number of aryl methyl sites for hydroxylation is 2. The number of thiophene rings is 1. The predicted octanol–water partition coefficient (Wildman–Crippen LogP) is 4.25. The van der Waals surface area contributed by atoms with Gasteiger partial charge in [0.1, 0.15) is 11.9 Å². The van der Waals surface area contributed by atoms with E-state index in [1.165, 1.54) is 36.1 Å². The van der Waals surface area contributed by atoms with Crippen molar-refractivity contribution in [3.8, 4) is 5.75 Å². The van der Waals surface area contributed by atoms with Crippen LogP contribution in [0.1, 0.15) is 52.7 Å². The van der Waals surface area contributed by atoms with Gasteiger partial charge in [-0.05, 0) is 67.9 Å². The second kappa shape index (κ2) is 5.47. The lowest BCUT2D eigenvalue weighted by molar-refractivity contribution is 0.223. The fourth-order valence-electron chi connectivity index (χ4n) is 2.95. The summed E-state index contributed by atoms with van der Waals surface area (Å²) in [5.41, 5.74) is 2.39. The van der Waals surface area contributed by atoms with Crippen LogP contribution in [-0.2, 0) is 12.8 Å². The summed E-state index contributed by atoms with van der Waals surface area (Å²) in [6, 6.07) is 10.1. The van der Waals surface area contributed by atoms with Crippen LogP contribution < -0.4 is 4.74 Å². The first-order valence-electron chi connectivity index (χ1n) is 7.86. The molecule has 2 aromatic rings. The quantitative estimate of drug-likeness (QED) is 0.914. The van der Waals surface area contributed by atoms with Crippen molar-refractivity contribution in [2.24, 2.45) is 0 Å². The van der Waals surface area contributed by atoms with Gasteiger partial charge in [-0.1, -0.05) is 12.1 Å². The molecule has 3 heteroatoms. The Morgan fingerprint density at radius 2 is 2.00 bits per heavy atom. The van der Waals surface area contributed by atoms with Gasteiger partial charge in [0.25, 0.3) is 0 Å². The van der Waals surface area contributed by atoms with Gasteiger partial charge in [0.15, 0.2) is 0 Å². The molecule has 1 N–H and O–H groups in total. The summed E-state index contributed by atoms with van der Waals surface area (Å²) in [5.74, 6) is 0.885. The van der Waals surface area contributed by atoms with Crippen molar-refractivity contribution in [3.05, 3.63) is 51.2 Å². The lowest BCUT2D eigenvalue weighted by Gasteiger charge is -2.11. The minimum absolute atomic E-state index is 0.395. The Bertz CT molecular complexity index is 619. The van der Waals surface area contributed by atoms with Crippen LogP contribution in [0.15, 0.2) is 30.3 Å². The van der Waals surface area contributed by atoms with Gasteiger partial charge in [0.05, 0.1) is 6.10 Å². The van der Waals surface area contributed by atoms with E-state index in [1.807, 2.05) is 24.3 Å². The fourth-order valence-corrected chi connectivity index (χ4v) is 4.22. The number of aliphatic hydroxyl groups is 1. The monoisotopic (exact) mass is 300 g/mol. The summed E-state index contributed by atoms with van der Waals surface area (Å²) < 4.78 is 5.83. The highest BCUT2D eigenvalue weighted by molar-refractivity contribution is 7.12. The molecular formula is C18H20O2S. The highest BCUT2D eigenvalue weighted by Crippen LogP contribution is 2.36. The molecule has 0 spiro atoms. The molecule has 1 saturated carbocycles. The van der Waals surface area contributed by atoms with Gasteiger partial charge in [-0.15, -0.1) is 11.3 Å². The Balaban J connectivity index is 1.58. The average molecular weight is 300 g/mol. The van der Waals surface area contributed by atoms with Crippen LogP contribution in [0.2, 0.25) is 0 Å². The van der Waals surface area contributed by atoms with E-state index < -0.39 is 6.10 Å². The van der Waals surface area contributed by atoms with Crippen molar-refractivity contribution in [1.29, 1.82) is 0 Å². The summed E-state index contributed by atoms with van der Waals surface area (Å²) >= 11 is 1.78. The molecule has 2 nitrogen and oxygen atoms in total. The average Bonchev–Trinajstić information content (AvgIpc) is 3.21. The Kier molecular flexibility index (Phi) is 3.48. The van der Waals surface area contributed by atoms with E-state index >= 15 is 0 Å². The summed E-state index contributed by atoms with van der Waals surface area (Å²) in [7, 11) is 0. The molecule has 1 heterocycles. The van der Waals surface area contributed by atoms with Crippen molar-refractivity contribution >= 4 is 11.3 Å². The van der Waals surface area contributed by atoms with E-state index in [4.69, 9.17) is 4.74 Å². The van der Waals surface area contributed by atoms with Crippen LogP contribution >= 0.6 is 11.3 Å². The zero-order valence-corrected chi connectivity index (χ0v) is 12.9. The third kappa shape index (κ3) is 2.85. The van der Waals surface area contributed by atoms with E-state index in [0.29, 0.717) is 6.10 Å². The molecule has 2 aliphatic carbocycles. The molecule has 0 radical (unpaired) electrons. The van der Waals surface area contributed by atoms with E-state index in [0.717, 1.165) is 29.0 Å². The molecule has 110 valence electrons. The first-order valence-corrected chi connectivity index (χ1v) is 8.67. The molecule has 0 saturated heterocycles. The summed E-state index contributed by atoms with van der Waals surface area (Å²) in [6.07, 6.45) is 7.10. The Hall–Kier alpha value is -1.32. The molecule has 1 atom stereocenters. The maximum absolute atomic E-state index is 10.7.